The maximum Gasteiger partial charge on any atom is 0.251 e. The van der Waals surface area contributed by atoms with E-state index in [-0.39, 0.29) is 11.8 Å². The van der Waals surface area contributed by atoms with Gasteiger partial charge in [-0.1, -0.05) is 12.1 Å². The number of benzene rings is 2. The van der Waals surface area contributed by atoms with Gasteiger partial charge in [-0.25, -0.2) is 4.98 Å². The largest absolute Gasteiger partial charge is 0.346 e. The van der Waals surface area contributed by atoms with Crippen LogP contribution in [-0.2, 0) is 11.3 Å². The molecule has 6 heteroatoms. The topological polar surface area (TPSA) is 62.3 Å². The van der Waals surface area contributed by atoms with Gasteiger partial charge in [-0.2, -0.15) is 0 Å². The van der Waals surface area contributed by atoms with Gasteiger partial charge in [0.1, 0.15) is 5.01 Å². The molecule has 2 aromatic carbocycles. The number of para-hydroxylation sites is 1. The molecule has 2 heterocycles. The zero-order valence-corrected chi connectivity index (χ0v) is 15.1. The summed E-state index contributed by atoms with van der Waals surface area (Å²) in [5, 5.41) is 3.80. The van der Waals surface area contributed by atoms with E-state index < -0.39 is 0 Å². The Morgan fingerprint density at radius 1 is 1.12 bits per heavy atom. The van der Waals surface area contributed by atoms with E-state index in [4.69, 9.17) is 0 Å². The Hall–Kier alpha value is -2.73. The zero-order valence-electron chi connectivity index (χ0n) is 14.3. The van der Waals surface area contributed by atoms with Crippen molar-refractivity contribution in [3.05, 3.63) is 59.1 Å². The molecule has 1 N–H and O–H groups in total. The number of thiazole rings is 1. The fourth-order valence-electron chi connectivity index (χ4n) is 3.13. The van der Waals surface area contributed by atoms with Crippen molar-refractivity contribution >= 4 is 39.1 Å². The van der Waals surface area contributed by atoms with E-state index >= 15 is 0 Å². The maximum atomic E-state index is 12.4. The summed E-state index contributed by atoms with van der Waals surface area (Å²) in [6.07, 6.45) is 2.59. The zero-order chi connectivity index (χ0) is 17.9. The number of amides is 2. The summed E-state index contributed by atoms with van der Waals surface area (Å²) in [6, 6.07) is 15.2. The second kappa shape index (κ2) is 7.25. The van der Waals surface area contributed by atoms with Gasteiger partial charge in [0.25, 0.3) is 5.91 Å². The SMILES string of the molecule is O=C(NCc1nc2ccccc2s1)c1ccc(N2CCCCC2=O)cc1. The van der Waals surface area contributed by atoms with E-state index in [2.05, 4.69) is 10.3 Å². The van der Waals surface area contributed by atoms with Crippen LogP contribution in [0.1, 0.15) is 34.6 Å². The molecule has 2 amide bonds. The van der Waals surface area contributed by atoms with Gasteiger partial charge < -0.3 is 10.2 Å². The number of hydrogen-bond acceptors (Lipinski definition) is 4. The number of hydrogen-bond donors (Lipinski definition) is 1. The molecular formula is C20H19N3O2S. The summed E-state index contributed by atoms with van der Waals surface area (Å²) in [6.45, 7) is 1.16. The van der Waals surface area contributed by atoms with Crippen LogP contribution in [0, 0.1) is 0 Å². The Balaban J connectivity index is 1.40. The summed E-state index contributed by atoms with van der Waals surface area (Å²) in [4.78, 5) is 30.7. The summed E-state index contributed by atoms with van der Waals surface area (Å²) in [5.74, 6) is 0.0186. The summed E-state index contributed by atoms with van der Waals surface area (Å²) in [5.41, 5.74) is 2.40. The van der Waals surface area contributed by atoms with E-state index in [1.165, 1.54) is 0 Å². The molecule has 132 valence electrons. The van der Waals surface area contributed by atoms with Crippen molar-refractivity contribution in [2.45, 2.75) is 25.8 Å². The van der Waals surface area contributed by atoms with Crippen LogP contribution >= 0.6 is 11.3 Å². The van der Waals surface area contributed by atoms with E-state index in [9.17, 15) is 9.59 Å². The van der Waals surface area contributed by atoms with E-state index in [1.807, 2.05) is 36.4 Å². The van der Waals surface area contributed by atoms with Crippen molar-refractivity contribution in [3.63, 3.8) is 0 Å². The van der Waals surface area contributed by atoms with E-state index in [1.54, 1.807) is 28.4 Å². The lowest BCUT2D eigenvalue weighted by atomic mass is 10.1. The lowest BCUT2D eigenvalue weighted by Gasteiger charge is -2.26. The molecule has 1 aliphatic heterocycles. The van der Waals surface area contributed by atoms with Crippen LogP contribution in [0.5, 0.6) is 0 Å². The van der Waals surface area contributed by atoms with Crippen LogP contribution in [0.15, 0.2) is 48.5 Å². The first-order chi connectivity index (χ1) is 12.7. The number of nitrogens with one attached hydrogen (secondary N) is 1. The molecular weight excluding hydrogens is 346 g/mol. The predicted octanol–water partition coefficient (Wildman–Crippen LogP) is 3.74. The van der Waals surface area contributed by atoms with Crippen LogP contribution in [0.2, 0.25) is 0 Å². The van der Waals surface area contributed by atoms with E-state index in [0.29, 0.717) is 18.5 Å². The third kappa shape index (κ3) is 3.46. The highest BCUT2D eigenvalue weighted by Gasteiger charge is 2.19. The third-order valence-electron chi connectivity index (χ3n) is 4.50. The maximum absolute atomic E-state index is 12.4. The van der Waals surface area contributed by atoms with Crippen LogP contribution in [0.3, 0.4) is 0 Å². The van der Waals surface area contributed by atoms with Gasteiger partial charge in [0.2, 0.25) is 5.91 Å². The van der Waals surface area contributed by atoms with Crippen molar-refractivity contribution in [3.8, 4) is 0 Å². The molecule has 26 heavy (non-hydrogen) atoms. The lowest BCUT2D eigenvalue weighted by Crippen LogP contribution is -2.35. The number of piperidine rings is 1. The normalized spacial score (nSPS) is 14.6. The lowest BCUT2D eigenvalue weighted by molar-refractivity contribution is -0.119. The smallest absolute Gasteiger partial charge is 0.251 e. The molecule has 0 saturated carbocycles. The summed E-state index contributed by atoms with van der Waals surface area (Å²) < 4.78 is 1.12. The Kier molecular flexibility index (Phi) is 4.67. The summed E-state index contributed by atoms with van der Waals surface area (Å²) in [7, 11) is 0. The number of carbonyl (C=O) groups is 2. The molecule has 1 fully saturated rings. The molecule has 4 rings (SSSR count). The predicted molar refractivity (Wildman–Crippen MR) is 103 cm³/mol. The number of carbonyl (C=O) groups excluding carboxylic acids is 2. The number of anilines is 1. The minimum Gasteiger partial charge on any atom is -0.346 e. The molecule has 0 bridgehead atoms. The number of nitrogens with zero attached hydrogens (tertiary/aromatic N) is 2. The van der Waals surface area contributed by atoms with Gasteiger partial charge in [0.15, 0.2) is 0 Å². The molecule has 0 unspecified atom stereocenters. The van der Waals surface area contributed by atoms with Gasteiger partial charge in [0, 0.05) is 24.2 Å². The third-order valence-corrected chi connectivity index (χ3v) is 5.54. The van der Waals surface area contributed by atoms with Gasteiger partial charge >= 0.3 is 0 Å². The molecule has 3 aromatic rings. The molecule has 1 saturated heterocycles. The highest BCUT2D eigenvalue weighted by atomic mass is 32.1. The number of fused-ring (bicyclic) bond motifs is 1. The minimum absolute atomic E-state index is 0.138. The van der Waals surface area contributed by atoms with Crippen molar-refractivity contribution in [1.82, 2.24) is 10.3 Å². The summed E-state index contributed by atoms with van der Waals surface area (Å²) >= 11 is 1.59. The highest BCUT2D eigenvalue weighted by molar-refractivity contribution is 7.18. The van der Waals surface area contributed by atoms with Crippen LogP contribution in [0.25, 0.3) is 10.2 Å². The standard InChI is InChI=1S/C20H19N3O2S/c24-19-7-3-4-12-23(19)15-10-8-14(9-11-15)20(25)21-13-18-22-16-5-1-2-6-17(16)26-18/h1-2,5-6,8-11H,3-4,7,12-13H2,(H,21,25). The Morgan fingerprint density at radius 3 is 2.69 bits per heavy atom. The first-order valence-electron chi connectivity index (χ1n) is 8.74. The molecule has 1 aliphatic rings. The Bertz CT molecular complexity index is 916. The molecule has 0 atom stereocenters. The van der Waals surface area contributed by atoms with Gasteiger partial charge in [0.05, 0.1) is 16.8 Å². The number of rotatable bonds is 4. The Labute approximate surface area is 155 Å². The average molecular weight is 365 g/mol. The molecule has 0 radical (unpaired) electrons. The van der Waals surface area contributed by atoms with Gasteiger partial charge in [-0.15, -0.1) is 11.3 Å². The van der Waals surface area contributed by atoms with Crippen LogP contribution < -0.4 is 10.2 Å². The molecule has 0 aliphatic carbocycles. The first kappa shape index (κ1) is 16.7. The second-order valence-electron chi connectivity index (χ2n) is 6.31. The van der Waals surface area contributed by atoms with E-state index in [0.717, 1.165) is 40.3 Å². The Morgan fingerprint density at radius 2 is 1.92 bits per heavy atom. The monoisotopic (exact) mass is 365 g/mol. The quantitative estimate of drug-likeness (QED) is 0.766. The van der Waals surface area contributed by atoms with Gasteiger partial charge in [-0.05, 0) is 49.2 Å². The minimum atomic E-state index is -0.138. The van der Waals surface area contributed by atoms with Crippen molar-refractivity contribution in [2.24, 2.45) is 0 Å². The van der Waals surface area contributed by atoms with Crippen molar-refractivity contribution in [1.29, 1.82) is 0 Å². The molecule has 0 spiro atoms. The average Bonchev–Trinajstić information content (AvgIpc) is 3.10. The molecule has 5 nitrogen and oxygen atoms in total. The van der Waals surface area contributed by atoms with Crippen molar-refractivity contribution < 1.29 is 9.59 Å². The van der Waals surface area contributed by atoms with Crippen LogP contribution in [-0.4, -0.2) is 23.3 Å². The molecule has 1 aromatic heterocycles. The number of aromatic nitrogens is 1. The second-order valence-corrected chi connectivity index (χ2v) is 7.42. The fourth-order valence-corrected chi connectivity index (χ4v) is 4.03. The highest BCUT2D eigenvalue weighted by Crippen LogP contribution is 2.22. The first-order valence-corrected chi connectivity index (χ1v) is 9.55. The van der Waals surface area contributed by atoms with Crippen molar-refractivity contribution in [2.75, 3.05) is 11.4 Å². The van der Waals surface area contributed by atoms with Gasteiger partial charge in [-0.3, -0.25) is 9.59 Å². The fraction of sp³-hybridized carbons (Fsp3) is 0.250. The van der Waals surface area contributed by atoms with Crippen LogP contribution in [0.4, 0.5) is 5.69 Å².